The smallest absolute Gasteiger partial charge is 0.236 e. The van der Waals surface area contributed by atoms with Crippen LogP contribution < -0.4 is 0 Å². The van der Waals surface area contributed by atoms with Crippen LogP contribution in [0.1, 0.15) is 13.8 Å². The Morgan fingerprint density at radius 2 is 2.27 bits per heavy atom. The minimum absolute atomic E-state index is 0.122. The number of carbonyl (C=O) groups is 2. The lowest BCUT2D eigenvalue weighted by atomic mass is 9.92. The van der Waals surface area contributed by atoms with Gasteiger partial charge in [0.15, 0.2) is 0 Å². The predicted molar refractivity (Wildman–Crippen MR) is 60.1 cm³/mol. The number of aliphatic hydroxyl groups is 1. The molecule has 0 spiro atoms. The Balaban J connectivity index is 2.27. The molecule has 4 nitrogen and oxygen atoms in total. The summed E-state index contributed by atoms with van der Waals surface area (Å²) in [7, 11) is 0. The van der Waals surface area contributed by atoms with E-state index in [1.165, 1.54) is 16.7 Å². The third-order valence-electron chi connectivity index (χ3n) is 2.68. The number of carbonyl (C=O) groups excluding carboxylic acids is 2. The van der Waals surface area contributed by atoms with Gasteiger partial charge in [0.25, 0.3) is 0 Å². The fourth-order valence-electron chi connectivity index (χ4n) is 1.95. The number of aliphatic hydroxyl groups excluding tert-OH is 1. The van der Waals surface area contributed by atoms with Crippen molar-refractivity contribution >= 4 is 35.4 Å². The number of hydrogen-bond donors (Lipinski definition) is 2. The van der Waals surface area contributed by atoms with E-state index in [0.717, 1.165) is 4.91 Å². The highest BCUT2D eigenvalue weighted by molar-refractivity contribution is 8.04. The van der Waals surface area contributed by atoms with Crippen molar-refractivity contribution in [3.63, 3.8) is 0 Å². The van der Waals surface area contributed by atoms with Crippen molar-refractivity contribution in [2.45, 2.75) is 25.3 Å². The summed E-state index contributed by atoms with van der Waals surface area (Å²) in [4.78, 5) is 25.1. The molecule has 1 N–H and O–H groups in total. The quantitative estimate of drug-likeness (QED) is 0.552. The number of nitrogens with zero attached hydrogens (tertiary/aromatic N) is 1. The molecule has 1 fully saturated rings. The van der Waals surface area contributed by atoms with Crippen LogP contribution in [0.4, 0.5) is 0 Å². The standard InChI is InChI=1S/C9H11NO3S2/c1-3(11)5-7(12)10-6(9(13)14)4(2)15-8(5)10/h3,5,8,11H,1-2H3,(H,13,14)/t3-,5+,8+/m0/s1. The number of β-lactam (4-membered cyclic amide) rings is 1. The van der Waals surface area contributed by atoms with E-state index in [0.29, 0.717) is 5.70 Å². The van der Waals surface area contributed by atoms with Crippen molar-refractivity contribution in [2.24, 2.45) is 5.92 Å². The van der Waals surface area contributed by atoms with Gasteiger partial charge in [-0.1, -0.05) is 12.6 Å². The molecule has 0 radical (unpaired) electrons. The van der Waals surface area contributed by atoms with E-state index in [2.05, 4.69) is 12.6 Å². The average molecular weight is 245 g/mol. The maximum absolute atomic E-state index is 11.7. The van der Waals surface area contributed by atoms with Crippen LogP contribution in [-0.2, 0) is 9.59 Å². The van der Waals surface area contributed by atoms with Crippen LogP contribution in [0.3, 0.4) is 0 Å². The maximum Gasteiger partial charge on any atom is 0.236 e. The van der Waals surface area contributed by atoms with Gasteiger partial charge in [0, 0.05) is 4.91 Å². The predicted octanol–water partition coefficient (Wildman–Crippen LogP) is 0.586. The third kappa shape index (κ3) is 1.43. The number of amides is 1. The number of hydrogen-bond acceptors (Lipinski definition) is 4. The van der Waals surface area contributed by atoms with Crippen LogP contribution in [-0.4, -0.2) is 32.5 Å². The Morgan fingerprint density at radius 1 is 1.67 bits per heavy atom. The number of thiol groups is 1. The van der Waals surface area contributed by atoms with E-state index < -0.39 is 12.0 Å². The second-order valence-electron chi connectivity index (χ2n) is 3.69. The zero-order valence-corrected chi connectivity index (χ0v) is 10.0. The third-order valence-corrected chi connectivity index (χ3v) is 4.18. The van der Waals surface area contributed by atoms with E-state index in [4.69, 9.17) is 0 Å². The van der Waals surface area contributed by atoms with Gasteiger partial charge in [-0.25, -0.2) is 0 Å². The molecular formula is C9H11NO3S2. The Hall–Kier alpha value is -0.460. The van der Waals surface area contributed by atoms with Crippen molar-refractivity contribution in [3.8, 4) is 0 Å². The van der Waals surface area contributed by atoms with Crippen molar-refractivity contribution in [3.05, 3.63) is 10.6 Å². The Labute approximate surface area is 97.1 Å². The summed E-state index contributed by atoms with van der Waals surface area (Å²) in [6.45, 7) is 3.38. The molecule has 1 amide bonds. The van der Waals surface area contributed by atoms with Gasteiger partial charge in [0.05, 0.1) is 12.0 Å². The molecular weight excluding hydrogens is 234 g/mol. The Morgan fingerprint density at radius 3 is 2.73 bits per heavy atom. The molecule has 15 heavy (non-hydrogen) atoms. The van der Waals surface area contributed by atoms with Gasteiger partial charge < -0.3 is 5.11 Å². The van der Waals surface area contributed by atoms with Gasteiger partial charge >= 0.3 is 0 Å². The highest BCUT2D eigenvalue weighted by Gasteiger charge is 2.56. The van der Waals surface area contributed by atoms with Crippen LogP contribution in [0.15, 0.2) is 10.6 Å². The van der Waals surface area contributed by atoms with Gasteiger partial charge in [-0.05, 0) is 13.8 Å². The molecule has 0 aromatic carbocycles. The van der Waals surface area contributed by atoms with E-state index in [1.807, 2.05) is 0 Å². The normalized spacial score (nSPS) is 31.5. The first-order valence-electron chi connectivity index (χ1n) is 4.57. The van der Waals surface area contributed by atoms with Gasteiger partial charge in [-0.15, -0.1) is 11.8 Å². The average Bonchev–Trinajstić information content (AvgIpc) is 2.38. The van der Waals surface area contributed by atoms with Gasteiger partial charge in [0.1, 0.15) is 11.1 Å². The monoisotopic (exact) mass is 245 g/mol. The lowest BCUT2D eigenvalue weighted by Gasteiger charge is -2.43. The molecule has 0 aliphatic carbocycles. The van der Waals surface area contributed by atoms with Crippen LogP contribution in [0, 0.1) is 5.92 Å². The first-order chi connectivity index (χ1) is 6.95. The molecule has 0 unspecified atom stereocenters. The highest BCUT2D eigenvalue weighted by Crippen LogP contribution is 2.50. The van der Waals surface area contributed by atoms with Crippen molar-refractivity contribution in [1.29, 1.82) is 0 Å². The molecule has 82 valence electrons. The van der Waals surface area contributed by atoms with E-state index in [9.17, 15) is 14.7 Å². The van der Waals surface area contributed by atoms with Gasteiger partial charge in [0.2, 0.25) is 11.0 Å². The molecule has 2 heterocycles. The summed E-state index contributed by atoms with van der Waals surface area (Å²) in [5.74, 6) is -0.577. The molecule has 0 aromatic heterocycles. The highest BCUT2D eigenvalue weighted by atomic mass is 32.2. The number of allylic oxidation sites excluding steroid dienone is 1. The molecule has 0 saturated carbocycles. The van der Waals surface area contributed by atoms with Crippen LogP contribution in [0.5, 0.6) is 0 Å². The summed E-state index contributed by atoms with van der Waals surface area (Å²) in [5.41, 5.74) is 0.371. The summed E-state index contributed by atoms with van der Waals surface area (Å²) >= 11 is 5.19. The van der Waals surface area contributed by atoms with Crippen LogP contribution in [0.25, 0.3) is 0 Å². The Kier molecular flexibility index (Phi) is 2.60. The first kappa shape index (κ1) is 11.0. The van der Waals surface area contributed by atoms with Gasteiger partial charge in [-0.2, -0.15) is 0 Å². The second-order valence-corrected chi connectivity index (χ2v) is 5.43. The maximum atomic E-state index is 11.7. The minimum Gasteiger partial charge on any atom is -0.392 e. The van der Waals surface area contributed by atoms with E-state index >= 15 is 0 Å². The van der Waals surface area contributed by atoms with Crippen LogP contribution >= 0.6 is 24.4 Å². The molecule has 2 rings (SSSR count). The van der Waals surface area contributed by atoms with E-state index in [-0.39, 0.29) is 16.4 Å². The largest absolute Gasteiger partial charge is 0.392 e. The zero-order chi connectivity index (χ0) is 11.3. The fourth-order valence-corrected chi connectivity index (χ4v) is 3.78. The summed E-state index contributed by atoms with van der Waals surface area (Å²) in [6, 6.07) is 0. The summed E-state index contributed by atoms with van der Waals surface area (Å²) in [6.07, 6.45) is -0.673. The second kappa shape index (κ2) is 3.54. The number of thioether (sulfide) groups is 1. The first-order valence-corrected chi connectivity index (χ1v) is 5.89. The van der Waals surface area contributed by atoms with Crippen molar-refractivity contribution < 1.29 is 14.7 Å². The SMILES string of the molecule is CC1=C(C(=O)S)N2C(=O)[C@@H]([C@H](C)O)[C@H]2S1. The van der Waals surface area contributed by atoms with E-state index in [1.54, 1.807) is 13.8 Å². The number of fused-ring (bicyclic) bond motifs is 1. The number of rotatable bonds is 2. The van der Waals surface area contributed by atoms with Crippen LogP contribution in [0.2, 0.25) is 0 Å². The lowest BCUT2D eigenvalue weighted by molar-refractivity contribution is -0.153. The molecule has 1 saturated heterocycles. The summed E-state index contributed by atoms with van der Waals surface area (Å²) in [5, 5.41) is 8.91. The molecule has 2 aliphatic heterocycles. The van der Waals surface area contributed by atoms with Gasteiger partial charge in [-0.3, -0.25) is 14.5 Å². The topological polar surface area (TPSA) is 57.6 Å². The lowest BCUT2D eigenvalue weighted by Crippen LogP contribution is -2.60. The van der Waals surface area contributed by atoms with Crippen molar-refractivity contribution in [2.75, 3.05) is 0 Å². The van der Waals surface area contributed by atoms with Crippen molar-refractivity contribution in [1.82, 2.24) is 4.90 Å². The Bertz CT molecular complexity index is 378. The summed E-state index contributed by atoms with van der Waals surface area (Å²) < 4.78 is 0. The zero-order valence-electron chi connectivity index (χ0n) is 8.30. The molecule has 2 aliphatic rings. The molecule has 3 atom stereocenters. The molecule has 6 heteroatoms. The minimum atomic E-state index is -0.673. The molecule has 0 bridgehead atoms. The molecule has 0 aromatic rings. The fraction of sp³-hybridized carbons (Fsp3) is 0.556.